The molecule has 0 unspecified atom stereocenters. The van der Waals surface area contributed by atoms with Crippen LogP contribution in [0.2, 0.25) is 0 Å². The molecule has 0 aliphatic heterocycles. The van der Waals surface area contributed by atoms with Gasteiger partial charge in [0.05, 0.1) is 0 Å². The average molecular weight is 250 g/mol. The van der Waals surface area contributed by atoms with E-state index in [0.29, 0.717) is 23.1 Å². The third-order valence-electron chi connectivity index (χ3n) is 2.69. The van der Waals surface area contributed by atoms with Crippen molar-refractivity contribution in [1.82, 2.24) is 4.98 Å². The Hall–Kier alpha value is -2.04. The van der Waals surface area contributed by atoms with Gasteiger partial charge in [-0.25, -0.2) is 8.78 Å². The van der Waals surface area contributed by atoms with Crippen LogP contribution in [0.1, 0.15) is 17.7 Å². The number of carbonyl (C=O) groups is 1. The number of nitrogens with zero attached hydrogens (tertiary/aromatic N) is 1. The van der Waals surface area contributed by atoms with Gasteiger partial charge in [-0.3, -0.25) is 9.78 Å². The third-order valence-corrected chi connectivity index (χ3v) is 2.69. The zero-order valence-corrected chi connectivity index (χ0v) is 9.84. The van der Waals surface area contributed by atoms with E-state index in [4.69, 9.17) is 5.73 Å². The lowest BCUT2D eigenvalue weighted by Crippen LogP contribution is -2.11. The fraction of sp³-hybridized carbons (Fsp3) is 0.231. The van der Waals surface area contributed by atoms with E-state index in [-0.39, 0.29) is 11.9 Å². The second-order valence-electron chi connectivity index (χ2n) is 4.17. The standard InChI is InChI=1S/C13H12F2N2O/c1-7-4-8(2-3-12(16)18)10-5-9(14)6-11(15)13(10)17-7/h4-6H,2-3H2,1H3,(H2,16,18). The monoisotopic (exact) mass is 250 g/mol. The molecule has 0 radical (unpaired) electrons. The fourth-order valence-electron chi connectivity index (χ4n) is 1.93. The summed E-state index contributed by atoms with van der Waals surface area (Å²) < 4.78 is 26.8. The molecule has 0 spiro atoms. The number of aryl methyl sites for hydroxylation is 2. The van der Waals surface area contributed by atoms with E-state index in [2.05, 4.69) is 4.98 Å². The average Bonchev–Trinajstić information content (AvgIpc) is 2.27. The molecule has 18 heavy (non-hydrogen) atoms. The van der Waals surface area contributed by atoms with E-state index in [0.717, 1.165) is 6.07 Å². The Kier molecular flexibility index (Phi) is 3.23. The zero-order chi connectivity index (χ0) is 13.3. The van der Waals surface area contributed by atoms with Gasteiger partial charge in [0, 0.05) is 23.6 Å². The maximum atomic E-state index is 13.6. The Labute approximate surface area is 103 Å². The van der Waals surface area contributed by atoms with Crippen LogP contribution in [0.15, 0.2) is 18.2 Å². The first-order valence-electron chi connectivity index (χ1n) is 5.51. The van der Waals surface area contributed by atoms with Crippen LogP contribution in [-0.2, 0) is 11.2 Å². The summed E-state index contributed by atoms with van der Waals surface area (Å²) in [5.74, 6) is -1.81. The summed E-state index contributed by atoms with van der Waals surface area (Å²) in [6.45, 7) is 1.72. The fourth-order valence-corrected chi connectivity index (χ4v) is 1.93. The molecule has 2 rings (SSSR count). The Bertz CT molecular complexity index is 626. The number of carbonyl (C=O) groups excluding carboxylic acids is 1. The first-order valence-corrected chi connectivity index (χ1v) is 5.51. The van der Waals surface area contributed by atoms with E-state index in [9.17, 15) is 13.6 Å². The van der Waals surface area contributed by atoms with Gasteiger partial charge < -0.3 is 5.73 Å². The summed E-state index contributed by atoms with van der Waals surface area (Å²) in [4.78, 5) is 14.8. The van der Waals surface area contributed by atoms with Crippen LogP contribution in [0, 0.1) is 18.6 Å². The number of primary amides is 1. The molecule has 3 nitrogen and oxygen atoms in total. The number of pyridine rings is 1. The normalized spacial score (nSPS) is 10.8. The van der Waals surface area contributed by atoms with Crippen molar-refractivity contribution in [3.8, 4) is 0 Å². The molecule has 1 amide bonds. The highest BCUT2D eigenvalue weighted by molar-refractivity contribution is 5.84. The molecule has 0 saturated heterocycles. The molecule has 2 aromatic rings. The summed E-state index contributed by atoms with van der Waals surface area (Å²) in [7, 11) is 0. The number of nitrogens with two attached hydrogens (primary N) is 1. The minimum atomic E-state index is -0.700. The lowest BCUT2D eigenvalue weighted by atomic mass is 10.0. The molecule has 2 N–H and O–H groups in total. The number of amides is 1. The largest absolute Gasteiger partial charge is 0.370 e. The highest BCUT2D eigenvalue weighted by atomic mass is 19.1. The molecule has 0 fully saturated rings. The Morgan fingerprint density at radius 2 is 2.06 bits per heavy atom. The smallest absolute Gasteiger partial charge is 0.217 e. The Morgan fingerprint density at radius 1 is 1.33 bits per heavy atom. The molecule has 5 heteroatoms. The summed E-state index contributed by atoms with van der Waals surface area (Å²) in [5.41, 5.74) is 6.49. The quantitative estimate of drug-likeness (QED) is 0.908. The van der Waals surface area contributed by atoms with Crippen molar-refractivity contribution in [2.75, 3.05) is 0 Å². The molecule has 0 aliphatic rings. The van der Waals surface area contributed by atoms with E-state index in [1.165, 1.54) is 6.07 Å². The Morgan fingerprint density at radius 3 is 2.72 bits per heavy atom. The van der Waals surface area contributed by atoms with Gasteiger partial charge in [0.2, 0.25) is 5.91 Å². The van der Waals surface area contributed by atoms with Gasteiger partial charge >= 0.3 is 0 Å². The van der Waals surface area contributed by atoms with Gasteiger partial charge in [0.1, 0.15) is 11.3 Å². The van der Waals surface area contributed by atoms with Gasteiger partial charge in [0.25, 0.3) is 0 Å². The number of benzene rings is 1. The summed E-state index contributed by atoms with van der Waals surface area (Å²) in [6, 6.07) is 3.73. The van der Waals surface area contributed by atoms with Crippen molar-refractivity contribution >= 4 is 16.8 Å². The molecule has 0 aliphatic carbocycles. The first-order chi connectivity index (χ1) is 8.47. The summed E-state index contributed by atoms with van der Waals surface area (Å²) >= 11 is 0. The number of halogens is 2. The van der Waals surface area contributed by atoms with Crippen LogP contribution in [0.25, 0.3) is 10.9 Å². The van der Waals surface area contributed by atoms with Gasteiger partial charge in [0.15, 0.2) is 5.82 Å². The molecule has 0 saturated carbocycles. The molecule has 94 valence electrons. The highest BCUT2D eigenvalue weighted by Crippen LogP contribution is 2.23. The number of fused-ring (bicyclic) bond motifs is 1. The van der Waals surface area contributed by atoms with Crippen LogP contribution in [0.4, 0.5) is 8.78 Å². The zero-order valence-electron chi connectivity index (χ0n) is 9.84. The maximum absolute atomic E-state index is 13.6. The molecule has 0 atom stereocenters. The van der Waals surface area contributed by atoms with Gasteiger partial charge in [-0.1, -0.05) is 0 Å². The third kappa shape index (κ3) is 2.45. The van der Waals surface area contributed by atoms with E-state index >= 15 is 0 Å². The second-order valence-corrected chi connectivity index (χ2v) is 4.17. The van der Waals surface area contributed by atoms with Crippen molar-refractivity contribution < 1.29 is 13.6 Å². The van der Waals surface area contributed by atoms with Crippen molar-refractivity contribution in [1.29, 1.82) is 0 Å². The number of hydrogen-bond acceptors (Lipinski definition) is 2. The van der Waals surface area contributed by atoms with E-state index in [1.807, 2.05) is 0 Å². The van der Waals surface area contributed by atoms with Crippen molar-refractivity contribution in [3.63, 3.8) is 0 Å². The molecular formula is C13H12F2N2O. The highest BCUT2D eigenvalue weighted by Gasteiger charge is 2.11. The van der Waals surface area contributed by atoms with Gasteiger partial charge in [-0.05, 0) is 31.0 Å². The van der Waals surface area contributed by atoms with Crippen LogP contribution in [0.5, 0.6) is 0 Å². The van der Waals surface area contributed by atoms with Crippen LogP contribution in [0.3, 0.4) is 0 Å². The predicted octanol–water partition coefficient (Wildman–Crippen LogP) is 2.24. The van der Waals surface area contributed by atoms with E-state index < -0.39 is 17.5 Å². The van der Waals surface area contributed by atoms with Crippen LogP contribution in [-0.4, -0.2) is 10.9 Å². The lowest BCUT2D eigenvalue weighted by Gasteiger charge is -2.08. The number of aromatic nitrogens is 1. The predicted molar refractivity (Wildman–Crippen MR) is 63.9 cm³/mol. The van der Waals surface area contributed by atoms with E-state index in [1.54, 1.807) is 13.0 Å². The molecule has 1 aromatic heterocycles. The summed E-state index contributed by atoms with van der Waals surface area (Å²) in [5, 5.41) is 0.388. The van der Waals surface area contributed by atoms with Crippen molar-refractivity contribution in [3.05, 3.63) is 41.1 Å². The topological polar surface area (TPSA) is 56.0 Å². The number of rotatable bonds is 3. The van der Waals surface area contributed by atoms with Crippen LogP contribution >= 0.6 is 0 Å². The SMILES string of the molecule is Cc1cc(CCC(N)=O)c2cc(F)cc(F)c2n1. The van der Waals surface area contributed by atoms with Gasteiger partial charge in [-0.2, -0.15) is 0 Å². The maximum Gasteiger partial charge on any atom is 0.217 e. The lowest BCUT2D eigenvalue weighted by molar-refractivity contribution is -0.117. The van der Waals surface area contributed by atoms with Crippen LogP contribution < -0.4 is 5.73 Å². The summed E-state index contributed by atoms with van der Waals surface area (Å²) in [6.07, 6.45) is 0.481. The number of hydrogen-bond donors (Lipinski definition) is 1. The first kappa shape index (κ1) is 12.4. The minimum absolute atomic E-state index is 0.121. The molecule has 0 bridgehead atoms. The second kappa shape index (κ2) is 4.68. The molecule has 1 heterocycles. The van der Waals surface area contributed by atoms with Gasteiger partial charge in [-0.15, -0.1) is 0 Å². The van der Waals surface area contributed by atoms with Crippen molar-refractivity contribution in [2.45, 2.75) is 19.8 Å². The molecular weight excluding hydrogens is 238 g/mol. The molecule has 1 aromatic carbocycles. The minimum Gasteiger partial charge on any atom is -0.370 e. The Balaban J connectivity index is 2.60. The van der Waals surface area contributed by atoms with Crippen molar-refractivity contribution in [2.24, 2.45) is 5.73 Å².